The number of nitrogens with zero attached hydrogens (tertiary/aromatic N) is 4. The summed E-state index contributed by atoms with van der Waals surface area (Å²) in [6.07, 6.45) is 1.69. The number of amides is 2. The van der Waals surface area contributed by atoms with Gasteiger partial charge in [0, 0.05) is 26.2 Å². The first-order valence-corrected chi connectivity index (χ1v) is 12.4. The largest absolute Gasteiger partial charge is 0.359 e. The maximum Gasteiger partial charge on any atom is 0.247 e. The Morgan fingerprint density at radius 3 is 2.46 bits per heavy atom. The lowest BCUT2D eigenvalue weighted by atomic mass is 9.98. The summed E-state index contributed by atoms with van der Waals surface area (Å²) in [6.45, 7) is 5.71. The standard InChI is InChI=1S/C29H32N6O2/c1-20(23-11-9-22(15-30)10-12-23)16-32-28(24-7-5-4-6-8-24)29(37)33-26-14-13-25(17-31-26)35-18-21(2)34(3)27(36)19-35/h4-14,17,20-21,28,32H,16,18-19H2,1-3H3,(H,31,33,37). The molecule has 3 aromatic rings. The average Bonchev–Trinajstić information content (AvgIpc) is 2.92. The number of hydrogen-bond acceptors (Lipinski definition) is 6. The molecule has 0 saturated carbocycles. The molecule has 37 heavy (non-hydrogen) atoms. The van der Waals surface area contributed by atoms with Gasteiger partial charge in [-0.2, -0.15) is 5.26 Å². The molecule has 2 N–H and O–H groups in total. The highest BCUT2D eigenvalue weighted by molar-refractivity contribution is 5.95. The second-order valence-corrected chi connectivity index (χ2v) is 9.51. The molecule has 1 saturated heterocycles. The highest BCUT2D eigenvalue weighted by atomic mass is 16.2. The Balaban J connectivity index is 1.43. The summed E-state index contributed by atoms with van der Waals surface area (Å²) in [5.41, 5.74) is 3.42. The van der Waals surface area contributed by atoms with Crippen molar-refractivity contribution in [3.63, 3.8) is 0 Å². The van der Waals surface area contributed by atoms with Crippen LogP contribution < -0.4 is 15.5 Å². The molecule has 1 fully saturated rings. The van der Waals surface area contributed by atoms with Crippen molar-refractivity contribution in [2.75, 3.05) is 36.9 Å². The highest BCUT2D eigenvalue weighted by Gasteiger charge is 2.27. The van der Waals surface area contributed by atoms with E-state index < -0.39 is 6.04 Å². The summed E-state index contributed by atoms with van der Waals surface area (Å²) >= 11 is 0. The number of piperazine rings is 1. The molecule has 1 aromatic heterocycles. The first kappa shape index (κ1) is 25.9. The number of nitrogens with one attached hydrogen (secondary N) is 2. The van der Waals surface area contributed by atoms with E-state index in [0.29, 0.717) is 24.5 Å². The van der Waals surface area contributed by atoms with Crippen molar-refractivity contribution in [3.8, 4) is 6.07 Å². The van der Waals surface area contributed by atoms with Crippen LogP contribution in [0.15, 0.2) is 72.9 Å². The Morgan fingerprint density at radius 2 is 1.84 bits per heavy atom. The number of aromatic nitrogens is 1. The predicted molar refractivity (Wildman–Crippen MR) is 144 cm³/mol. The number of likely N-dealkylation sites (N-methyl/N-ethyl adjacent to an activating group) is 1. The zero-order valence-corrected chi connectivity index (χ0v) is 21.4. The third kappa shape index (κ3) is 6.32. The van der Waals surface area contributed by atoms with E-state index in [9.17, 15) is 9.59 Å². The van der Waals surface area contributed by atoms with Crippen molar-refractivity contribution in [3.05, 3.63) is 89.6 Å². The molecule has 0 aliphatic carbocycles. The van der Waals surface area contributed by atoms with Crippen LogP contribution in [0.3, 0.4) is 0 Å². The van der Waals surface area contributed by atoms with E-state index in [1.54, 1.807) is 29.3 Å². The van der Waals surface area contributed by atoms with Crippen LogP contribution in [-0.4, -0.2) is 54.4 Å². The molecule has 0 radical (unpaired) electrons. The number of anilines is 2. The Hall–Kier alpha value is -4.22. The number of pyridine rings is 1. The smallest absolute Gasteiger partial charge is 0.247 e. The zero-order valence-electron chi connectivity index (χ0n) is 21.4. The molecule has 2 amide bonds. The van der Waals surface area contributed by atoms with Crippen molar-refractivity contribution in [2.45, 2.75) is 31.8 Å². The summed E-state index contributed by atoms with van der Waals surface area (Å²) in [6, 6.07) is 22.4. The van der Waals surface area contributed by atoms with Crippen LogP contribution >= 0.6 is 0 Å². The normalized spacial score (nSPS) is 17.1. The van der Waals surface area contributed by atoms with Gasteiger partial charge in [-0.3, -0.25) is 9.59 Å². The molecule has 3 atom stereocenters. The predicted octanol–water partition coefficient (Wildman–Crippen LogP) is 3.69. The molecule has 0 bridgehead atoms. The molecule has 2 heterocycles. The summed E-state index contributed by atoms with van der Waals surface area (Å²) in [7, 11) is 1.82. The third-order valence-corrected chi connectivity index (χ3v) is 6.86. The van der Waals surface area contributed by atoms with Gasteiger partial charge in [0.2, 0.25) is 11.8 Å². The van der Waals surface area contributed by atoms with Crippen LogP contribution in [-0.2, 0) is 9.59 Å². The van der Waals surface area contributed by atoms with Crippen LogP contribution in [0, 0.1) is 11.3 Å². The van der Waals surface area contributed by atoms with Gasteiger partial charge >= 0.3 is 0 Å². The molecular formula is C29H32N6O2. The third-order valence-electron chi connectivity index (χ3n) is 6.86. The Morgan fingerprint density at radius 1 is 1.11 bits per heavy atom. The average molecular weight is 497 g/mol. The van der Waals surface area contributed by atoms with Crippen molar-refractivity contribution < 1.29 is 9.59 Å². The number of carbonyl (C=O) groups excluding carboxylic acids is 2. The number of rotatable bonds is 8. The molecule has 2 aromatic carbocycles. The molecule has 1 aliphatic heterocycles. The van der Waals surface area contributed by atoms with Gasteiger partial charge in [0.1, 0.15) is 11.9 Å². The van der Waals surface area contributed by atoms with E-state index in [0.717, 1.165) is 23.4 Å². The van der Waals surface area contributed by atoms with Gasteiger partial charge in [0.25, 0.3) is 0 Å². The van der Waals surface area contributed by atoms with Crippen molar-refractivity contribution >= 4 is 23.3 Å². The number of hydrogen-bond donors (Lipinski definition) is 2. The lowest BCUT2D eigenvalue weighted by molar-refractivity contribution is -0.131. The van der Waals surface area contributed by atoms with Gasteiger partial charge in [-0.15, -0.1) is 0 Å². The quantitative estimate of drug-likeness (QED) is 0.493. The van der Waals surface area contributed by atoms with Crippen LogP contribution in [0.2, 0.25) is 0 Å². The van der Waals surface area contributed by atoms with Crippen LogP contribution in [0.5, 0.6) is 0 Å². The second-order valence-electron chi connectivity index (χ2n) is 9.51. The molecule has 0 spiro atoms. The lowest BCUT2D eigenvalue weighted by Gasteiger charge is -2.38. The molecule has 190 valence electrons. The van der Waals surface area contributed by atoms with E-state index in [2.05, 4.69) is 28.6 Å². The molecule has 8 nitrogen and oxygen atoms in total. The zero-order chi connectivity index (χ0) is 26.4. The topological polar surface area (TPSA) is 101 Å². The first-order chi connectivity index (χ1) is 17.9. The van der Waals surface area contributed by atoms with E-state index in [1.807, 2.05) is 67.4 Å². The minimum Gasteiger partial charge on any atom is -0.359 e. The number of carbonyl (C=O) groups is 2. The lowest BCUT2D eigenvalue weighted by Crippen LogP contribution is -2.53. The van der Waals surface area contributed by atoms with Crippen molar-refractivity contribution in [2.24, 2.45) is 0 Å². The van der Waals surface area contributed by atoms with E-state index in [1.165, 1.54) is 0 Å². The number of nitriles is 1. The molecular weight excluding hydrogens is 464 g/mol. The van der Waals surface area contributed by atoms with Crippen molar-refractivity contribution in [1.82, 2.24) is 15.2 Å². The summed E-state index contributed by atoms with van der Waals surface area (Å²) in [4.78, 5) is 33.8. The maximum atomic E-state index is 13.3. The van der Waals surface area contributed by atoms with Gasteiger partial charge < -0.3 is 20.4 Å². The molecule has 8 heteroatoms. The summed E-state index contributed by atoms with van der Waals surface area (Å²) < 4.78 is 0. The van der Waals surface area contributed by atoms with Gasteiger partial charge in [-0.1, -0.05) is 49.4 Å². The first-order valence-electron chi connectivity index (χ1n) is 12.4. The maximum absolute atomic E-state index is 13.3. The van der Waals surface area contributed by atoms with Crippen LogP contribution in [0.25, 0.3) is 0 Å². The fourth-order valence-corrected chi connectivity index (χ4v) is 4.37. The SMILES string of the molecule is CC(CNC(C(=O)Nc1ccc(N2CC(=O)N(C)C(C)C2)cn1)c1ccccc1)c1ccc(C#N)cc1. The fraction of sp³-hybridized carbons (Fsp3) is 0.310. The highest BCUT2D eigenvalue weighted by Crippen LogP contribution is 2.22. The van der Waals surface area contributed by atoms with Gasteiger partial charge in [-0.25, -0.2) is 4.98 Å². The van der Waals surface area contributed by atoms with E-state index >= 15 is 0 Å². The van der Waals surface area contributed by atoms with E-state index in [-0.39, 0.29) is 23.8 Å². The van der Waals surface area contributed by atoms with Crippen LogP contribution in [0.1, 0.15) is 42.5 Å². The van der Waals surface area contributed by atoms with Gasteiger partial charge in [-0.05, 0) is 48.2 Å². The number of benzene rings is 2. The Kier molecular flexibility index (Phi) is 8.16. The van der Waals surface area contributed by atoms with Crippen molar-refractivity contribution in [1.29, 1.82) is 5.26 Å². The van der Waals surface area contributed by atoms with E-state index in [4.69, 9.17) is 5.26 Å². The Labute approximate surface area is 217 Å². The minimum atomic E-state index is -0.570. The Bertz CT molecular complexity index is 1250. The molecule has 1 aliphatic rings. The van der Waals surface area contributed by atoms with Crippen LogP contribution in [0.4, 0.5) is 11.5 Å². The minimum absolute atomic E-state index is 0.0724. The summed E-state index contributed by atoms with van der Waals surface area (Å²) in [5.74, 6) is 0.452. The van der Waals surface area contributed by atoms with Gasteiger partial charge in [0.15, 0.2) is 0 Å². The summed E-state index contributed by atoms with van der Waals surface area (Å²) in [5, 5.41) is 15.4. The monoisotopic (exact) mass is 496 g/mol. The van der Waals surface area contributed by atoms with Gasteiger partial charge in [0.05, 0.1) is 30.1 Å². The molecule has 4 rings (SSSR count). The molecule has 3 unspecified atom stereocenters. The second kappa shape index (κ2) is 11.7. The fourth-order valence-electron chi connectivity index (χ4n) is 4.37.